The highest BCUT2D eigenvalue weighted by molar-refractivity contribution is 4.95. The van der Waals surface area contributed by atoms with Gasteiger partial charge in [0.05, 0.1) is 6.04 Å². The third-order valence-corrected chi connectivity index (χ3v) is 4.41. The molecule has 19 heavy (non-hydrogen) atoms. The van der Waals surface area contributed by atoms with Crippen LogP contribution in [-0.4, -0.2) is 34.7 Å². The Hall–Kier alpha value is -0.940. The van der Waals surface area contributed by atoms with Gasteiger partial charge >= 0.3 is 0 Å². The van der Waals surface area contributed by atoms with E-state index in [1.165, 1.54) is 38.5 Å². The SMILES string of the molecule is NC(CN1CCCC1)c1noc(CC2CCCC2)n1. The van der Waals surface area contributed by atoms with Crippen LogP contribution < -0.4 is 5.73 Å². The second-order valence-electron chi connectivity index (χ2n) is 6.02. The lowest BCUT2D eigenvalue weighted by Gasteiger charge is -2.17. The summed E-state index contributed by atoms with van der Waals surface area (Å²) in [6.45, 7) is 3.16. The van der Waals surface area contributed by atoms with Gasteiger partial charge in [-0.1, -0.05) is 18.0 Å². The van der Waals surface area contributed by atoms with E-state index in [1.54, 1.807) is 0 Å². The van der Waals surface area contributed by atoms with E-state index in [-0.39, 0.29) is 6.04 Å². The average molecular weight is 264 g/mol. The first-order valence-corrected chi connectivity index (χ1v) is 7.61. The molecule has 1 unspecified atom stereocenters. The Morgan fingerprint density at radius 2 is 1.95 bits per heavy atom. The fraction of sp³-hybridized carbons (Fsp3) is 0.857. The largest absolute Gasteiger partial charge is 0.339 e. The fourth-order valence-corrected chi connectivity index (χ4v) is 3.29. The second-order valence-corrected chi connectivity index (χ2v) is 6.02. The van der Waals surface area contributed by atoms with Gasteiger partial charge in [-0.05, 0) is 44.7 Å². The Balaban J connectivity index is 1.53. The molecule has 1 aromatic heterocycles. The summed E-state index contributed by atoms with van der Waals surface area (Å²) >= 11 is 0. The molecule has 5 nitrogen and oxygen atoms in total. The molecule has 106 valence electrons. The first-order chi connectivity index (χ1) is 9.31. The molecule has 1 atom stereocenters. The molecule has 3 rings (SSSR count). The lowest BCUT2D eigenvalue weighted by atomic mass is 10.0. The number of nitrogens with two attached hydrogens (primary N) is 1. The van der Waals surface area contributed by atoms with Crippen LogP contribution in [0.3, 0.4) is 0 Å². The van der Waals surface area contributed by atoms with Crippen molar-refractivity contribution in [1.29, 1.82) is 0 Å². The quantitative estimate of drug-likeness (QED) is 0.879. The van der Waals surface area contributed by atoms with E-state index in [2.05, 4.69) is 15.0 Å². The minimum Gasteiger partial charge on any atom is -0.339 e. The van der Waals surface area contributed by atoms with Crippen molar-refractivity contribution in [2.24, 2.45) is 11.7 Å². The predicted molar refractivity (Wildman–Crippen MR) is 72.6 cm³/mol. The summed E-state index contributed by atoms with van der Waals surface area (Å²) in [5.74, 6) is 2.20. The molecule has 2 N–H and O–H groups in total. The molecule has 0 spiro atoms. The van der Waals surface area contributed by atoms with E-state index >= 15 is 0 Å². The molecule has 5 heteroatoms. The summed E-state index contributed by atoms with van der Waals surface area (Å²) in [7, 11) is 0. The smallest absolute Gasteiger partial charge is 0.226 e. The van der Waals surface area contributed by atoms with Gasteiger partial charge in [-0.25, -0.2) is 0 Å². The third-order valence-electron chi connectivity index (χ3n) is 4.41. The summed E-state index contributed by atoms with van der Waals surface area (Å²) in [6.07, 6.45) is 8.80. The third kappa shape index (κ3) is 3.34. The normalized spacial score (nSPS) is 23.2. The number of rotatable bonds is 5. The molecule has 0 radical (unpaired) electrons. The lowest BCUT2D eigenvalue weighted by molar-refractivity contribution is 0.303. The van der Waals surface area contributed by atoms with Gasteiger partial charge in [0.25, 0.3) is 0 Å². The molecule has 1 aliphatic carbocycles. The second kappa shape index (κ2) is 6.01. The number of nitrogens with zero attached hydrogens (tertiary/aromatic N) is 3. The molecule has 1 aromatic rings. The summed E-state index contributed by atoms with van der Waals surface area (Å²) in [6, 6.07) is -0.112. The van der Waals surface area contributed by atoms with Crippen LogP contribution in [0.5, 0.6) is 0 Å². The van der Waals surface area contributed by atoms with Gasteiger partial charge in [0, 0.05) is 13.0 Å². The van der Waals surface area contributed by atoms with Gasteiger partial charge < -0.3 is 15.2 Å². The summed E-state index contributed by atoms with van der Waals surface area (Å²) < 4.78 is 5.35. The lowest BCUT2D eigenvalue weighted by Crippen LogP contribution is -2.30. The molecule has 0 amide bonds. The van der Waals surface area contributed by atoms with Crippen molar-refractivity contribution in [1.82, 2.24) is 15.0 Å². The number of hydrogen-bond donors (Lipinski definition) is 1. The van der Waals surface area contributed by atoms with Crippen molar-refractivity contribution >= 4 is 0 Å². The van der Waals surface area contributed by atoms with E-state index < -0.39 is 0 Å². The van der Waals surface area contributed by atoms with E-state index in [0.29, 0.717) is 5.82 Å². The van der Waals surface area contributed by atoms with E-state index in [4.69, 9.17) is 10.3 Å². The first kappa shape index (κ1) is 13.1. The zero-order chi connectivity index (χ0) is 13.1. The number of likely N-dealkylation sites (tertiary alicyclic amines) is 1. The van der Waals surface area contributed by atoms with E-state index in [1.807, 2.05) is 0 Å². The molecule has 1 saturated heterocycles. The molecule has 2 fully saturated rings. The topological polar surface area (TPSA) is 68.2 Å². The monoisotopic (exact) mass is 264 g/mol. The van der Waals surface area contributed by atoms with Gasteiger partial charge in [-0.15, -0.1) is 0 Å². The first-order valence-electron chi connectivity index (χ1n) is 7.61. The van der Waals surface area contributed by atoms with Gasteiger partial charge in [-0.2, -0.15) is 4.98 Å². The Kier molecular flexibility index (Phi) is 4.13. The Labute approximate surface area is 114 Å². The van der Waals surface area contributed by atoms with Crippen LogP contribution in [0.15, 0.2) is 4.52 Å². The van der Waals surface area contributed by atoms with Crippen LogP contribution in [0.2, 0.25) is 0 Å². The maximum atomic E-state index is 6.17. The molecular formula is C14H24N4O. The highest BCUT2D eigenvalue weighted by atomic mass is 16.5. The van der Waals surface area contributed by atoms with Gasteiger partial charge in [0.15, 0.2) is 5.82 Å². The zero-order valence-corrected chi connectivity index (χ0v) is 11.6. The number of hydrogen-bond acceptors (Lipinski definition) is 5. The van der Waals surface area contributed by atoms with Crippen LogP contribution in [0, 0.1) is 5.92 Å². The highest BCUT2D eigenvalue weighted by Gasteiger charge is 2.22. The summed E-state index contributed by atoms with van der Waals surface area (Å²) in [5, 5.41) is 4.06. The molecule has 1 saturated carbocycles. The highest BCUT2D eigenvalue weighted by Crippen LogP contribution is 2.27. The minimum atomic E-state index is -0.112. The van der Waals surface area contributed by atoms with Crippen LogP contribution in [-0.2, 0) is 6.42 Å². The summed E-state index contributed by atoms with van der Waals surface area (Å²) in [4.78, 5) is 6.87. The average Bonchev–Trinajstić information content (AvgIpc) is 3.10. The standard InChI is InChI=1S/C14H24N4O/c15-12(10-18-7-3-4-8-18)14-16-13(19-17-14)9-11-5-1-2-6-11/h11-12H,1-10,15H2. The van der Waals surface area contributed by atoms with E-state index in [0.717, 1.165) is 37.9 Å². The fourth-order valence-electron chi connectivity index (χ4n) is 3.29. The molecule has 1 aliphatic heterocycles. The van der Waals surface area contributed by atoms with E-state index in [9.17, 15) is 0 Å². The van der Waals surface area contributed by atoms with Gasteiger partial charge in [-0.3, -0.25) is 0 Å². The minimum absolute atomic E-state index is 0.112. The maximum Gasteiger partial charge on any atom is 0.226 e. The van der Waals surface area contributed by atoms with Crippen LogP contribution in [0.25, 0.3) is 0 Å². The number of aromatic nitrogens is 2. The molecule has 0 bridgehead atoms. The van der Waals surface area contributed by atoms with Crippen molar-refractivity contribution in [3.05, 3.63) is 11.7 Å². The van der Waals surface area contributed by atoms with Crippen molar-refractivity contribution in [3.63, 3.8) is 0 Å². The van der Waals surface area contributed by atoms with Crippen molar-refractivity contribution in [3.8, 4) is 0 Å². The van der Waals surface area contributed by atoms with Crippen LogP contribution in [0.4, 0.5) is 0 Å². The Morgan fingerprint density at radius 1 is 1.21 bits per heavy atom. The predicted octanol–water partition coefficient (Wildman–Crippen LogP) is 1.90. The zero-order valence-electron chi connectivity index (χ0n) is 11.6. The van der Waals surface area contributed by atoms with Gasteiger partial charge in [0.1, 0.15) is 0 Å². The molecule has 2 aliphatic rings. The molecular weight excluding hydrogens is 240 g/mol. The van der Waals surface area contributed by atoms with Gasteiger partial charge in [0.2, 0.25) is 5.89 Å². The maximum absolute atomic E-state index is 6.17. The van der Waals surface area contributed by atoms with Crippen LogP contribution >= 0.6 is 0 Å². The summed E-state index contributed by atoms with van der Waals surface area (Å²) in [5.41, 5.74) is 6.17. The van der Waals surface area contributed by atoms with Crippen LogP contribution in [0.1, 0.15) is 56.3 Å². The Morgan fingerprint density at radius 3 is 2.68 bits per heavy atom. The van der Waals surface area contributed by atoms with Crippen molar-refractivity contribution in [2.45, 2.75) is 51.0 Å². The Bertz CT molecular complexity index is 394. The molecule has 2 heterocycles. The van der Waals surface area contributed by atoms with Crippen molar-refractivity contribution in [2.75, 3.05) is 19.6 Å². The molecule has 0 aromatic carbocycles. The van der Waals surface area contributed by atoms with Crippen molar-refractivity contribution < 1.29 is 4.52 Å².